The molecule has 1 aromatic rings. The van der Waals surface area contributed by atoms with Gasteiger partial charge in [0.1, 0.15) is 0 Å². The molecule has 1 saturated heterocycles. The van der Waals surface area contributed by atoms with Crippen LogP contribution in [0.2, 0.25) is 0 Å². The van der Waals surface area contributed by atoms with E-state index in [4.69, 9.17) is 0 Å². The Morgan fingerprint density at radius 3 is 2.86 bits per heavy atom. The monoisotopic (exact) mass is 438 g/mol. The van der Waals surface area contributed by atoms with Gasteiger partial charge in [0.2, 0.25) is 0 Å². The minimum atomic E-state index is -2.89. The molecule has 6 nitrogen and oxygen atoms in total. The molecule has 2 heterocycles. The van der Waals surface area contributed by atoms with Crippen LogP contribution in [-0.2, 0) is 16.4 Å². The lowest BCUT2D eigenvalue weighted by molar-refractivity contribution is 0.599. The number of hydrogen-bond donors (Lipinski definition) is 2. The molecule has 0 aromatic carbocycles. The second-order valence-corrected chi connectivity index (χ2v) is 7.44. The van der Waals surface area contributed by atoms with Crippen molar-refractivity contribution in [3.05, 3.63) is 29.6 Å². The van der Waals surface area contributed by atoms with Crippen molar-refractivity contribution in [3.8, 4) is 0 Å². The van der Waals surface area contributed by atoms with Crippen LogP contribution in [0.15, 0.2) is 23.3 Å². The van der Waals surface area contributed by atoms with Gasteiger partial charge in [-0.2, -0.15) is 0 Å². The van der Waals surface area contributed by atoms with Gasteiger partial charge in [-0.25, -0.2) is 13.4 Å². The minimum absolute atomic E-state index is 0. The SMILES string of the molecule is CCNC(=NCc1ncccc1C)NC1CCS(=O)(=O)C1.I. The first-order valence-electron chi connectivity index (χ1n) is 7.16. The summed E-state index contributed by atoms with van der Waals surface area (Å²) in [7, 11) is -2.89. The van der Waals surface area contributed by atoms with Crippen molar-refractivity contribution in [2.75, 3.05) is 18.1 Å². The molecule has 1 aromatic heterocycles. The summed E-state index contributed by atoms with van der Waals surface area (Å²) in [5, 5.41) is 6.34. The van der Waals surface area contributed by atoms with Crippen molar-refractivity contribution in [2.45, 2.75) is 32.9 Å². The van der Waals surface area contributed by atoms with Crippen LogP contribution in [0.4, 0.5) is 0 Å². The normalized spacial score (nSPS) is 20.3. The van der Waals surface area contributed by atoms with Crippen LogP contribution in [0.5, 0.6) is 0 Å². The lowest BCUT2D eigenvalue weighted by Crippen LogP contribution is -2.44. The van der Waals surface area contributed by atoms with Gasteiger partial charge >= 0.3 is 0 Å². The molecule has 1 aliphatic rings. The maximum atomic E-state index is 11.5. The summed E-state index contributed by atoms with van der Waals surface area (Å²) in [5.74, 6) is 1.08. The molecule has 2 rings (SSSR count). The predicted molar refractivity (Wildman–Crippen MR) is 99.4 cm³/mol. The number of nitrogens with zero attached hydrogens (tertiary/aromatic N) is 2. The average Bonchev–Trinajstić information content (AvgIpc) is 2.77. The maximum absolute atomic E-state index is 11.5. The third-order valence-corrected chi connectivity index (χ3v) is 5.19. The first kappa shape index (κ1) is 19.1. The van der Waals surface area contributed by atoms with Gasteiger partial charge in [-0.15, -0.1) is 24.0 Å². The standard InChI is InChI=1S/C14H22N4O2S.HI/c1-3-15-14(18-12-6-8-21(19,20)10-12)17-9-13-11(2)5-4-7-16-13;/h4-5,7,12H,3,6,8-10H2,1-2H3,(H2,15,17,18);1H. The zero-order chi connectivity index (χ0) is 15.3. The Balaban J connectivity index is 0.00000242. The molecule has 8 heteroatoms. The number of sulfone groups is 1. The van der Waals surface area contributed by atoms with Crippen LogP contribution in [-0.4, -0.2) is 43.5 Å². The van der Waals surface area contributed by atoms with E-state index in [9.17, 15) is 8.42 Å². The highest BCUT2D eigenvalue weighted by molar-refractivity contribution is 14.0. The summed E-state index contributed by atoms with van der Waals surface area (Å²) in [5.41, 5.74) is 2.02. The molecule has 124 valence electrons. The van der Waals surface area contributed by atoms with Crippen molar-refractivity contribution in [1.82, 2.24) is 15.6 Å². The van der Waals surface area contributed by atoms with Crippen molar-refractivity contribution < 1.29 is 8.42 Å². The Kier molecular flexibility index (Phi) is 7.54. The summed E-state index contributed by atoms with van der Waals surface area (Å²) < 4.78 is 23.0. The van der Waals surface area contributed by atoms with E-state index in [0.29, 0.717) is 18.9 Å². The molecular formula is C14H23IN4O2S. The molecule has 0 spiro atoms. The number of guanidine groups is 1. The summed E-state index contributed by atoms with van der Waals surface area (Å²) in [6.07, 6.45) is 2.39. The van der Waals surface area contributed by atoms with Crippen LogP contribution < -0.4 is 10.6 Å². The van der Waals surface area contributed by atoms with E-state index >= 15 is 0 Å². The molecule has 1 unspecified atom stereocenters. The van der Waals surface area contributed by atoms with E-state index in [1.807, 2.05) is 26.0 Å². The van der Waals surface area contributed by atoms with Crippen molar-refractivity contribution >= 4 is 39.8 Å². The number of halogens is 1. The molecule has 0 radical (unpaired) electrons. The fourth-order valence-electron chi connectivity index (χ4n) is 2.26. The fraction of sp³-hybridized carbons (Fsp3) is 0.571. The largest absolute Gasteiger partial charge is 0.357 e. The second-order valence-electron chi connectivity index (χ2n) is 5.21. The number of pyridine rings is 1. The first-order valence-corrected chi connectivity index (χ1v) is 8.98. The van der Waals surface area contributed by atoms with Gasteiger partial charge in [-0.1, -0.05) is 6.07 Å². The smallest absolute Gasteiger partial charge is 0.191 e. The molecule has 1 fully saturated rings. The topological polar surface area (TPSA) is 83.4 Å². The minimum Gasteiger partial charge on any atom is -0.357 e. The highest BCUT2D eigenvalue weighted by atomic mass is 127. The van der Waals surface area contributed by atoms with E-state index in [2.05, 4.69) is 20.6 Å². The third-order valence-electron chi connectivity index (χ3n) is 3.42. The quantitative estimate of drug-likeness (QED) is 0.420. The van der Waals surface area contributed by atoms with Crippen LogP contribution in [0.1, 0.15) is 24.6 Å². The number of aliphatic imine (C=N–C) groups is 1. The Labute approximate surface area is 149 Å². The summed E-state index contributed by atoms with van der Waals surface area (Å²) in [6, 6.07) is 3.84. The van der Waals surface area contributed by atoms with Crippen molar-refractivity contribution in [3.63, 3.8) is 0 Å². The summed E-state index contributed by atoms with van der Waals surface area (Å²) in [6.45, 7) is 5.18. The molecule has 2 N–H and O–H groups in total. The first-order chi connectivity index (χ1) is 10.00. The van der Waals surface area contributed by atoms with E-state index in [1.54, 1.807) is 6.20 Å². The molecule has 22 heavy (non-hydrogen) atoms. The van der Waals surface area contributed by atoms with Gasteiger partial charge < -0.3 is 10.6 Å². The maximum Gasteiger partial charge on any atom is 0.191 e. The average molecular weight is 438 g/mol. The highest BCUT2D eigenvalue weighted by Gasteiger charge is 2.28. The van der Waals surface area contributed by atoms with Gasteiger partial charge in [0.25, 0.3) is 0 Å². The number of hydrogen-bond acceptors (Lipinski definition) is 4. The van der Waals surface area contributed by atoms with Crippen LogP contribution in [0, 0.1) is 6.92 Å². The van der Waals surface area contributed by atoms with Crippen LogP contribution in [0.3, 0.4) is 0 Å². The fourth-order valence-corrected chi connectivity index (χ4v) is 3.93. The van der Waals surface area contributed by atoms with E-state index in [1.165, 1.54) is 0 Å². The Morgan fingerprint density at radius 1 is 1.50 bits per heavy atom. The molecule has 0 amide bonds. The van der Waals surface area contributed by atoms with Crippen molar-refractivity contribution in [1.29, 1.82) is 0 Å². The highest BCUT2D eigenvalue weighted by Crippen LogP contribution is 2.11. The second kappa shape index (κ2) is 8.66. The summed E-state index contributed by atoms with van der Waals surface area (Å²) in [4.78, 5) is 8.80. The number of aryl methyl sites for hydroxylation is 1. The van der Waals surface area contributed by atoms with Gasteiger partial charge in [-0.3, -0.25) is 4.98 Å². The molecular weight excluding hydrogens is 415 g/mol. The number of nitrogens with one attached hydrogen (secondary N) is 2. The molecule has 0 saturated carbocycles. The lowest BCUT2D eigenvalue weighted by atomic mass is 10.2. The Hall–Kier alpha value is -0.900. The van der Waals surface area contributed by atoms with E-state index in [-0.39, 0.29) is 41.5 Å². The Bertz CT molecular complexity index is 619. The number of rotatable bonds is 4. The zero-order valence-corrected chi connectivity index (χ0v) is 16.0. The van der Waals surface area contributed by atoms with Crippen LogP contribution >= 0.6 is 24.0 Å². The third kappa shape index (κ3) is 5.71. The molecule has 0 bridgehead atoms. The van der Waals surface area contributed by atoms with Crippen molar-refractivity contribution in [2.24, 2.45) is 4.99 Å². The lowest BCUT2D eigenvalue weighted by Gasteiger charge is -2.15. The van der Waals surface area contributed by atoms with Gasteiger partial charge in [0, 0.05) is 18.8 Å². The van der Waals surface area contributed by atoms with Crippen LogP contribution in [0.25, 0.3) is 0 Å². The molecule has 0 aliphatic carbocycles. The molecule has 1 atom stereocenters. The van der Waals surface area contributed by atoms with Gasteiger partial charge in [0.15, 0.2) is 15.8 Å². The van der Waals surface area contributed by atoms with E-state index in [0.717, 1.165) is 17.8 Å². The zero-order valence-electron chi connectivity index (χ0n) is 12.9. The number of aromatic nitrogens is 1. The summed E-state index contributed by atoms with van der Waals surface area (Å²) >= 11 is 0. The van der Waals surface area contributed by atoms with E-state index < -0.39 is 9.84 Å². The van der Waals surface area contributed by atoms with Gasteiger partial charge in [-0.05, 0) is 31.9 Å². The van der Waals surface area contributed by atoms with Gasteiger partial charge in [0.05, 0.1) is 23.7 Å². The Morgan fingerprint density at radius 2 is 2.27 bits per heavy atom. The predicted octanol–water partition coefficient (Wildman–Crippen LogP) is 1.25. The molecule has 1 aliphatic heterocycles.